The van der Waals surface area contributed by atoms with E-state index in [4.69, 9.17) is 4.74 Å². The van der Waals surface area contributed by atoms with Crippen LogP contribution >= 0.6 is 0 Å². The van der Waals surface area contributed by atoms with Crippen LogP contribution in [0.5, 0.6) is 0 Å². The lowest BCUT2D eigenvalue weighted by Gasteiger charge is -2.34. The lowest BCUT2D eigenvalue weighted by Crippen LogP contribution is -2.46. The van der Waals surface area contributed by atoms with Gasteiger partial charge in [-0.2, -0.15) is 0 Å². The second-order valence-electron chi connectivity index (χ2n) is 5.01. The van der Waals surface area contributed by atoms with Gasteiger partial charge in [-0.05, 0) is 19.9 Å². The molecule has 1 saturated heterocycles. The molecule has 0 bridgehead atoms. The van der Waals surface area contributed by atoms with Crippen molar-refractivity contribution in [2.75, 3.05) is 53.5 Å². The van der Waals surface area contributed by atoms with Gasteiger partial charge in [-0.25, -0.2) is 0 Å². The minimum absolute atomic E-state index is 0.532. The Labute approximate surface area is 101 Å². The highest BCUT2D eigenvalue weighted by atomic mass is 16.5. The Morgan fingerprint density at radius 3 is 2.06 bits per heavy atom. The van der Waals surface area contributed by atoms with Crippen molar-refractivity contribution in [1.29, 1.82) is 0 Å². The lowest BCUT2D eigenvalue weighted by atomic mass is 10.1. The van der Waals surface area contributed by atoms with Crippen LogP contribution in [0.4, 0.5) is 0 Å². The van der Waals surface area contributed by atoms with Crippen LogP contribution in [0.25, 0.3) is 0 Å². The summed E-state index contributed by atoms with van der Waals surface area (Å²) in [5.41, 5.74) is 0.532. The number of hydrogen-bond donors (Lipinski definition) is 0. The first-order chi connectivity index (χ1) is 7.74. The first-order valence-corrected chi connectivity index (χ1v) is 6.64. The molecule has 0 amide bonds. The van der Waals surface area contributed by atoms with Crippen LogP contribution in [0.1, 0.15) is 26.7 Å². The molecule has 1 heterocycles. The van der Waals surface area contributed by atoms with Gasteiger partial charge >= 0.3 is 0 Å². The van der Waals surface area contributed by atoms with Gasteiger partial charge in [-0.1, -0.05) is 13.8 Å². The Morgan fingerprint density at radius 2 is 1.62 bits per heavy atom. The van der Waals surface area contributed by atoms with Crippen LogP contribution < -0.4 is 0 Å². The summed E-state index contributed by atoms with van der Waals surface area (Å²) in [4.78, 5) is 5.01. The monoisotopic (exact) mass is 228 g/mol. The molecule has 0 aromatic heterocycles. The molecule has 3 heteroatoms. The topological polar surface area (TPSA) is 15.7 Å². The van der Waals surface area contributed by atoms with E-state index in [9.17, 15) is 0 Å². The maximum absolute atomic E-state index is 5.29. The molecule has 3 nitrogen and oxygen atoms in total. The number of methoxy groups -OCH3 is 1. The predicted octanol–water partition coefficient (Wildman–Crippen LogP) is 1.69. The van der Waals surface area contributed by atoms with Crippen LogP contribution in [-0.4, -0.2) is 63.3 Å². The highest BCUT2D eigenvalue weighted by Gasteiger charge is 2.43. The Hall–Kier alpha value is -0.120. The standard InChI is InChI=1S/C11H22N2O.C2H6/c1-12-5-7-13(8-6-12)9-11(3-4-11)10-14-2;1-2/h3-10H2,1-2H3;1-2H3. The van der Waals surface area contributed by atoms with Gasteiger partial charge in [-0.3, -0.25) is 0 Å². The first-order valence-electron chi connectivity index (χ1n) is 6.64. The highest BCUT2D eigenvalue weighted by Crippen LogP contribution is 2.46. The Morgan fingerprint density at radius 1 is 1.06 bits per heavy atom. The summed E-state index contributed by atoms with van der Waals surface area (Å²) in [5.74, 6) is 0. The van der Waals surface area contributed by atoms with Crippen molar-refractivity contribution in [2.24, 2.45) is 5.41 Å². The van der Waals surface area contributed by atoms with Crippen molar-refractivity contribution in [3.8, 4) is 0 Å². The first kappa shape index (κ1) is 13.9. The van der Waals surface area contributed by atoms with Gasteiger partial charge in [-0.15, -0.1) is 0 Å². The minimum atomic E-state index is 0.532. The third-order valence-electron chi connectivity index (χ3n) is 3.56. The zero-order valence-corrected chi connectivity index (χ0v) is 11.5. The minimum Gasteiger partial charge on any atom is -0.384 e. The summed E-state index contributed by atoms with van der Waals surface area (Å²) in [6, 6.07) is 0. The van der Waals surface area contributed by atoms with Crippen molar-refractivity contribution in [1.82, 2.24) is 9.80 Å². The fourth-order valence-electron chi connectivity index (χ4n) is 2.31. The fourth-order valence-corrected chi connectivity index (χ4v) is 2.31. The molecule has 16 heavy (non-hydrogen) atoms. The second-order valence-corrected chi connectivity index (χ2v) is 5.01. The third-order valence-corrected chi connectivity index (χ3v) is 3.56. The molecule has 0 atom stereocenters. The smallest absolute Gasteiger partial charge is 0.0530 e. The van der Waals surface area contributed by atoms with Gasteiger partial charge < -0.3 is 14.5 Å². The Balaban J connectivity index is 0.000000606. The molecule has 0 aromatic carbocycles. The molecular formula is C13H28N2O. The predicted molar refractivity (Wildman–Crippen MR) is 68.8 cm³/mol. The van der Waals surface area contributed by atoms with Crippen LogP contribution in [0, 0.1) is 5.41 Å². The Kier molecular flexibility index (Phi) is 5.73. The number of piperazine rings is 1. The van der Waals surface area contributed by atoms with Crippen LogP contribution in [0.15, 0.2) is 0 Å². The number of nitrogens with zero attached hydrogens (tertiary/aromatic N) is 2. The van der Waals surface area contributed by atoms with Gasteiger partial charge in [0, 0.05) is 45.2 Å². The summed E-state index contributed by atoms with van der Waals surface area (Å²) >= 11 is 0. The molecule has 96 valence electrons. The largest absolute Gasteiger partial charge is 0.384 e. The highest BCUT2D eigenvalue weighted by molar-refractivity contribution is 4.96. The van der Waals surface area contributed by atoms with Crippen LogP contribution in [0.3, 0.4) is 0 Å². The quantitative estimate of drug-likeness (QED) is 0.728. The van der Waals surface area contributed by atoms with Gasteiger partial charge in [0.2, 0.25) is 0 Å². The number of ether oxygens (including phenoxy) is 1. The molecule has 0 aromatic rings. The van der Waals surface area contributed by atoms with Gasteiger partial charge in [0.1, 0.15) is 0 Å². The average Bonchev–Trinajstić information content (AvgIpc) is 3.05. The molecule has 0 unspecified atom stereocenters. The maximum Gasteiger partial charge on any atom is 0.0530 e. The Bertz CT molecular complexity index is 184. The molecule has 2 fully saturated rings. The van der Waals surface area contributed by atoms with Crippen molar-refractivity contribution in [3.05, 3.63) is 0 Å². The molecule has 1 saturated carbocycles. The summed E-state index contributed by atoms with van der Waals surface area (Å²) in [6.07, 6.45) is 2.74. The lowest BCUT2D eigenvalue weighted by molar-refractivity contribution is 0.0836. The molecule has 0 N–H and O–H groups in total. The van der Waals surface area contributed by atoms with E-state index in [-0.39, 0.29) is 0 Å². The molecule has 2 rings (SSSR count). The van der Waals surface area contributed by atoms with E-state index in [0.717, 1.165) is 6.61 Å². The SMILES string of the molecule is CC.COCC1(CN2CCN(C)CC2)CC1. The summed E-state index contributed by atoms with van der Waals surface area (Å²) in [6.45, 7) is 11.1. The van der Waals surface area contributed by atoms with E-state index >= 15 is 0 Å². The molecule has 0 radical (unpaired) electrons. The summed E-state index contributed by atoms with van der Waals surface area (Å²) in [5, 5.41) is 0. The van der Waals surface area contributed by atoms with Crippen molar-refractivity contribution < 1.29 is 4.74 Å². The normalized spacial score (nSPS) is 24.8. The van der Waals surface area contributed by atoms with E-state index in [2.05, 4.69) is 16.8 Å². The zero-order valence-electron chi connectivity index (χ0n) is 11.5. The number of likely N-dealkylation sites (N-methyl/N-ethyl adjacent to an activating group) is 1. The maximum atomic E-state index is 5.29. The van der Waals surface area contributed by atoms with E-state index in [1.165, 1.54) is 45.6 Å². The van der Waals surface area contributed by atoms with Crippen LogP contribution in [0.2, 0.25) is 0 Å². The van der Waals surface area contributed by atoms with Gasteiger partial charge in [0.25, 0.3) is 0 Å². The third kappa shape index (κ3) is 4.04. The molecule has 1 aliphatic heterocycles. The molecule has 0 spiro atoms. The molecule has 1 aliphatic carbocycles. The van der Waals surface area contributed by atoms with E-state index < -0.39 is 0 Å². The average molecular weight is 228 g/mol. The van der Waals surface area contributed by atoms with Gasteiger partial charge in [0.05, 0.1) is 6.61 Å². The van der Waals surface area contributed by atoms with E-state index in [1.807, 2.05) is 21.0 Å². The van der Waals surface area contributed by atoms with Crippen molar-refractivity contribution in [3.63, 3.8) is 0 Å². The van der Waals surface area contributed by atoms with Crippen LogP contribution in [-0.2, 0) is 4.74 Å². The van der Waals surface area contributed by atoms with E-state index in [1.54, 1.807) is 0 Å². The number of hydrogen-bond acceptors (Lipinski definition) is 3. The molecule has 2 aliphatic rings. The summed E-state index contributed by atoms with van der Waals surface area (Å²) in [7, 11) is 4.03. The van der Waals surface area contributed by atoms with E-state index in [0.29, 0.717) is 5.41 Å². The van der Waals surface area contributed by atoms with Crippen molar-refractivity contribution >= 4 is 0 Å². The molecular weight excluding hydrogens is 200 g/mol. The van der Waals surface area contributed by atoms with Gasteiger partial charge in [0.15, 0.2) is 0 Å². The van der Waals surface area contributed by atoms with Crippen molar-refractivity contribution in [2.45, 2.75) is 26.7 Å². The summed E-state index contributed by atoms with van der Waals surface area (Å²) < 4.78 is 5.29. The second kappa shape index (κ2) is 6.58. The number of rotatable bonds is 4. The zero-order chi connectivity index (χ0) is 12.0. The fraction of sp³-hybridized carbons (Fsp3) is 1.00.